The first-order valence-electron chi connectivity index (χ1n) is 18.6. The van der Waals surface area contributed by atoms with E-state index in [4.69, 9.17) is 0 Å². The van der Waals surface area contributed by atoms with Crippen LogP contribution in [-0.4, -0.2) is 30.7 Å². The van der Waals surface area contributed by atoms with Crippen molar-refractivity contribution in [1.29, 1.82) is 0 Å². The highest BCUT2D eigenvalue weighted by atomic mass is 15.3. The van der Waals surface area contributed by atoms with Crippen molar-refractivity contribution in [3.8, 4) is 0 Å². The third-order valence-electron chi connectivity index (χ3n) is 9.19. The van der Waals surface area contributed by atoms with Gasteiger partial charge in [-0.05, 0) is 51.4 Å². The fourth-order valence-corrected chi connectivity index (χ4v) is 6.46. The molecule has 0 saturated heterocycles. The molecule has 0 atom stereocenters. The van der Waals surface area contributed by atoms with Crippen LogP contribution >= 0.6 is 0 Å². The Labute approximate surface area is 244 Å². The fraction of sp³-hybridized carbons (Fsp3) is 1.00. The molecule has 0 aromatic rings. The van der Waals surface area contributed by atoms with Gasteiger partial charge in [0, 0.05) is 0 Å². The molecule has 0 aliphatic carbocycles. The minimum atomic E-state index is 1.37. The zero-order valence-electron chi connectivity index (χ0n) is 27.8. The first kappa shape index (κ1) is 38.0. The molecule has 0 aliphatic heterocycles. The molecule has 0 unspecified atom stereocenters. The molecule has 1 nitrogen and oxygen atoms in total. The first-order chi connectivity index (χ1) is 18.7. The van der Waals surface area contributed by atoms with Gasteiger partial charge in [0.25, 0.3) is 0 Å². The predicted octanol–water partition coefficient (Wildman–Crippen LogP) is 13.2. The summed E-state index contributed by atoms with van der Waals surface area (Å²) in [7, 11) is 0. The number of unbranched alkanes of at least 4 members (excludes halogenated alkanes) is 25. The lowest BCUT2D eigenvalue weighted by Crippen LogP contribution is -2.50. The highest BCUT2D eigenvalue weighted by Crippen LogP contribution is 2.20. The normalized spacial score (nSPS) is 12.0. The van der Waals surface area contributed by atoms with Gasteiger partial charge in [0.1, 0.15) is 0 Å². The van der Waals surface area contributed by atoms with Crippen LogP contribution in [0.25, 0.3) is 0 Å². The maximum Gasteiger partial charge on any atom is 0.0786 e. The molecule has 1 heteroatoms. The molecular weight excluding hydrogens is 458 g/mol. The highest BCUT2D eigenvalue weighted by molar-refractivity contribution is 4.55. The summed E-state index contributed by atoms with van der Waals surface area (Å²) in [6.45, 7) is 15.3. The van der Waals surface area contributed by atoms with E-state index in [1.807, 2.05) is 0 Å². The topological polar surface area (TPSA) is 0 Å². The number of hydrogen-bond acceptors (Lipinski definition) is 0. The standard InChI is InChI=1S/C37H78N/c1-5-9-13-17-18-19-20-21-22-23-24-25-26-27-28-29-33-37-38(34-30-14-10-6-2,35-31-15-11-7-3)36-32-16-12-8-4/h5-37H2,1-4H3/q+1. The van der Waals surface area contributed by atoms with E-state index in [1.165, 1.54) is 217 Å². The molecule has 230 valence electrons. The fourth-order valence-electron chi connectivity index (χ4n) is 6.46. The van der Waals surface area contributed by atoms with Gasteiger partial charge in [-0.3, -0.25) is 0 Å². The van der Waals surface area contributed by atoms with Crippen molar-refractivity contribution in [1.82, 2.24) is 0 Å². The Morgan fingerprint density at radius 1 is 0.211 bits per heavy atom. The summed E-state index contributed by atoms with van der Waals surface area (Å²) in [6, 6.07) is 0. The number of rotatable bonds is 33. The lowest BCUT2D eigenvalue weighted by molar-refractivity contribution is -0.929. The molecule has 0 aromatic carbocycles. The maximum atomic E-state index is 2.36. The molecule has 0 heterocycles. The Balaban J connectivity index is 4.08. The van der Waals surface area contributed by atoms with E-state index in [0.717, 1.165) is 0 Å². The van der Waals surface area contributed by atoms with Crippen LogP contribution in [0, 0.1) is 0 Å². The summed E-state index contributed by atoms with van der Waals surface area (Å²) >= 11 is 0. The van der Waals surface area contributed by atoms with Gasteiger partial charge in [-0.15, -0.1) is 0 Å². The van der Waals surface area contributed by atoms with Crippen molar-refractivity contribution < 1.29 is 4.48 Å². The van der Waals surface area contributed by atoms with Crippen molar-refractivity contribution in [2.75, 3.05) is 26.2 Å². The Morgan fingerprint density at radius 3 is 0.579 bits per heavy atom. The molecule has 0 aliphatic rings. The Bertz CT molecular complexity index is 386. The SMILES string of the molecule is CCCCCCCCCCCCCCCCCCC[N+](CCCCCC)(CCCCCC)CCCCCC. The highest BCUT2D eigenvalue weighted by Gasteiger charge is 2.25. The van der Waals surface area contributed by atoms with Crippen LogP contribution in [-0.2, 0) is 0 Å². The van der Waals surface area contributed by atoms with Crippen LogP contribution in [0.4, 0.5) is 0 Å². The average molecular weight is 537 g/mol. The molecule has 0 aromatic heterocycles. The van der Waals surface area contributed by atoms with Crippen molar-refractivity contribution in [2.45, 2.75) is 214 Å². The Hall–Kier alpha value is -0.0400. The van der Waals surface area contributed by atoms with Gasteiger partial charge in [-0.2, -0.15) is 0 Å². The van der Waals surface area contributed by atoms with Gasteiger partial charge in [-0.25, -0.2) is 0 Å². The average Bonchev–Trinajstić information content (AvgIpc) is 2.93. The lowest BCUT2D eigenvalue weighted by atomic mass is 10.0. The first-order valence-corrected chi connectivity index (χ1v) is 18.6. The zero-order valence-corrected chi connectivity index (χ0v) is 27.8. The molecular formula is C37H78N+. The molecule has 0 rings (SSSR count). The van der Waals surface area contributed by atoms with E-state index in [-0.39, 0.29) is 0 Å². The summed E-state index contributed by atoms with van der Waals surface area (Å²) in [6.07, 6.45) is 42.3. The second-order valence-corrected chi connectivity index (χ2v) is 13.1. The smallest absolute Gasteiger partial charge is 0.0786 e. The second kappa shape index (κ2) is 31.5. The van der Waals surface area contributed by atoms with Gasteiger partial charge in [0.05, 0.1) is 26.2 Å². The van der Waals surface area contributed by atoms with Gasteiger partial charge in [0.2, 0.25) is 0 Å². The predicted molar refractivity (Wildman–Crippen MR) is 176 cm³/mol. The number of quaternary nitrogens is 1. The monoisotopic (exact) mass is 537 g/mol. The minimum Gasteiger partial charge on any atom is -0.324 e. The van der Waals surface area contributed by atoms with Crippen molar-refractivity contribution >= 4 is 0 Å². The van der Waals surface area contributed by atoms with E-state index in [1.54, 1.807) is 0 Å². The van der Waals surface area contributed by atoms with Crippen molar-refractivity contribution in [3.63, 3.8) is 0 Å². The largest absolute Gasteiger partial charge is 0.324 e. The second-order valence-electron chi connectivity index (χ2n) is 13.1. The van der Waals surface area contributed by atoms with Crippen molar-refractivity contribution in [3.05, 3.63) is 0 Å². The number of nitrogens with zero attached hydrogens (tertiary/aromatic N) is 1. The van der Waals surface area contributed by atoms with Gasteiger partial charge < -0.3 is 4.48 Å². The minimum absolute atomic E-state index is 1.37. The summed E-state index contributed by atoms with van der Waals surface area (Å²) in [5.41, 5.74) is 0. The lowest BCUT2D eigenvalue weighted by Gasteiger charge is -2.39. The Morgan fingerprint density at radius 2 is 0.368 bits per heavy atom. The van der Waals surface area contributed by atoms with Crippen LogP contribution in [0.15, 0.2) is 0 Å². The maximum absolute atomic E-state index is 2.36. The van der Waals surface area contributed by atoms with Crippen LogP contribution in [0.5, 0.6) is 0 Å². The number of hydrogen-bond donors (Lipinski definition) is 0. The quantitative estimate of drug-likeness (QED) is 0.0577. The molecule has 0 fully saturated rings. The summed E-state index contributed by atoms with van der Waals surface area (Å²) < 4.78 is 1.47. The molecule has 0 amide bonds. The van der Waals surface area contributed by atoms with Crippen molar-refractivity contribution in [2.24, 2.45) is 0 Å². The van der Waals surface area contributed by atoms with Crippen LogP contribution in [0.2, 0.25) is 0 Å². The van der Waals surface area contributed by atoms with Crippen LogP contribution < -0.4 is 0 Å². The zero-order chi connectivity index (χ0) is 27.8. The molecule has 0 bridgehead atoms. The van der Waals surface area contributed by atoms with Gasteiger partial charge in [-0.1, -0.05) is 163 Å². The van der Waals surface area contributed by atoms with Gasteiger partial charge in [0.15, 0.2) is 0 Å². The summed E-state index contributed by atoms with van der Waals surface area (Å²) in [4.78, 5) is 0. The van der Waals surface area contributed by atoms with E-state index in [2.05, 4.69) is 27.7 Å². The molecule has 0 spiro atoms. The van der Waals surface area contributed by atoms with E-state index < -0.39 is 0 Å². The van der Waals surface area contributed by atoms with Gasteiger partial charge >= 0.3 is 0 Å². The van der Waals surface area contributed by atoms with E-state index in [9.17, 15) is 0 Å². The summed E-state index contributed by atoms with van der Waals surface area (Å²) in [5, 5.41) is 0. The molecule has 0 saturated carbocycles. The molecule has 0 radical (unpaired) electrons. The molecule has 0 N–H and O–H groups in total. The van der Waals surface area contributed by atoms with Crippen LogP contribution in [0.3, 0.4) is 0 Å². The third kappa shape index (κ3) is 26.2. The molecule has 38 heavy (non-hydrogen) atoms. The van der Waals surface area contributed by atoms with E-state index >= 15 is 0 Å². The summed E-state index contributed by atoms with van der Waals surface area (Å²) in [5.74, 6) is 0. The third-order valence-corrected chi connectivity index (χ3v) is 9.19. The van der Waals surface area contributed by atoms with Crippen LogP contribution in [0.1, 0.15) is 214 Å². The van der Waals surface area contributed by atoms with E-state index in [0.29, 0.717) is 0 Å². The Kier molecular flexibility index (Phi) is 31.5.